The van der Waals surface area contributed by atoms with Gasteiger partial charge in [0.05, 0.1) is 18.6 Å². The highest BCUT2D eigenvalue weighted by molar-refractivity contribution is 7.99. The van der Waals surface area contributed by atoms with Crippen LogP contribution in [0, 0.1) is 0 Å². The van der Waals surface area contributed by atoms with Gasteiger partial charge in [0.25, 0.3) is 0 Å². The Balaban J connectivity index is 1.67. The molecular weight excluding hydrogens is 314 g/mol. The van der Waals surface area contributed by atoms with Crippen LogP contribution in [0.4, 0.5) is 11.4 Å². The molecule has 0 aliphatic carbocycles. The van der Waals surface area contributed by atoms with Crippen molar-refractivity contribution in [3.63, 3.8) is 0 Å². The summed E-state index contributed by atoms with van der Waals surface area (Å²) in [4.78, 5) is 12.1. The highest BCUT2D eigenvalue weighted by Gasteiger charge is 2.11. The number of anilines is 2. The van der Waals surface area contributed by atoms with E-state index >= 15 is 0 Å². The third-order valence-corrected chi connectivity index (χ3v) is 4.05. The predicted octanol–water partition coefficient (Wildman–Crippen LogP) is 2.05. The van der Waals surface area contributed by atoms with Crippen LogP contribution < -0.4 is 15.8 Å². The van der Waals surface area contributed by atoms with E-state index in [4.69, 9.17) is 10.5 Å². The van der Waals surface area contributed by atoms with Gasteiger partial charge in [-0.2, -0.15) is 0 Å². The molecule has 0 fully saturated rings. The molecule has 0 saturated heterocycles. The molecule has 0 radical (unpaired) electrons. The third-order valence-electron chi connectivity index (χ3n) is 3.11. The second-order valence-corrected chi connectivity index (χ2v) is 5.65. The van der Waals surface area contributed by atoms with E-state index in [-0.39, 0.29) is 11.7 Å². The maximum absolute atomic E-state index is 12.1. The Kier molecular flexibility index (Phi) is 4.33. The highest BCUT2D eigenvalue weighted by atomic mass is 32.2. The van der Waals surface area contributed by atoms with E-state index in [1.165, 1.54) is 11.8 Å². The van der Waals surface area contributed by atoms with Crippen molar-refractivity contribution in [1.82, 2.24) is 14.6 Å². The van der Waals surface area contributed by atoms with Crippen molar-refractivity contribution in [2.75, 3.05) is 23.9 Å². The number of carbonyl (C=O) groups is 1. The molecule has 1 amide bonds. The molecule has 23 heavy (non-hydrogen) atoms. The van der Waals surface area contributed by atoms with Crippen molar-refractivity contribution in [2.45, 2.75) is 5.16 Å². The van der Waals surface area contributed by atoms with Crippen LogP contribution in [-0.4, -0.2) is 33.4 Å². The first-order valence-electron chi connectivity index (χ1n) is 6.83. The summed E-state index contributed by atoms with van der Waals surface area (Å²) in [5.74, 6) is 0.667. The van der Waals surface area contributed by atoms with E-state index in [9.17, 15) is 4.79 Å². The largest absolute Gasteiger partial charge is 0.495 e. The zero-order valence-corrected chi connectivity index (χ0v) is 13.2. The molecule has 3 N–H and O–H groups in total. The number of pyridine rings is 1. The first-order chi connectivity index (χ1) is 11.2. The number of methoxy groups -OCH3 is 1. The molecule has 0 atom stereocenters. The number of fused-ring (bicyclic) bond motifs is 1. The standard InChI is InChI=1S/C15H15N5O2S/c1-22-12-5-3-2-4-11(12)17-14(21)9-23-15-19-18-13-7-6-10(16)8-20(13)15/h2-8H,9,16H2,1H3,(H,17,21). The van der Waals surface area contributed by atoms with Crippen LogP contribution in [0.1, 0.15) is 0 Å². The average molecular weight is 329 g/mol. The number of amides is 1. The summed E-state index contributed by atoms with van der Waals surface area (Å²) in [5, 5.41) is 11.5. The number of hydrogen-bond donors (Lipinski definition) is 2. The van der Waals surface area contributed by atoms with Crippen LogP contribution in [0.15, 0.2) is 47.8 Å². The molecule has 7 nitrogen and oxygen atoms in total. The molecule has 0 saturated carbocycles. The van der Waals surface area contributed by atoms with Gasteiger partial charge in [-0.1, -0.05) is 23.9 Å². The van der Waals surface area contributed by atoms with Gasteiger partial charge in [0.15, 0.2) is 10.8 Å². The van der Waals surface area contributed by atoms with Crippen LogP contribution in [0.25, 0.3) is 5.65 Å². The molecule has 3 rings (SSSR count). The third kappa shape index (κ3) is 3.37. The Labute approximate surface area is 136 Å². The minimum Gasteiger partial charge on any atom is -0.495 e. The van der Waals surface area contributed by atoms with Crippen LogP contribution in [-0.2, 0) is 4.79 Å². The van der Waals surface area contributed by atoms with Gasteiger partial charge < -0.3 is 15.8 Å². The number of nitrogen functional groups attached to an aromatic ring is 1. The number of nitrogens with two attached hydrogens (primary N) is 1. The normalized spacial score (nSPS) is 10.7. The molecule has 8 heteroatoms. The summed E-state index contributed by atoms with van der Waals surface area (Å²) in [7, 11) is 1.56. The van der Waals surface area contributed by atoms with Crippen LogP contribution in [0.2, 0.25) is 0 Å². The van der Waals surface area contributed by atoms with E-state index in [1.54, 1.807) is 42.0 Å². The first-order valence-corrected chi connectivity index (χ1v) is 7.82. The minimum absolute atomic E-state index is 0.153. The number of para-hydroxylation sites is 2. The second kappa shape index (κ2) is 6.57. The van der Waals surface area contributed by atoms with Gasteiger partial charge in [-0.05, 0) is 24.3 Å². The van der Waals surface area contributed by atoms with Crippen molar-refractivity contribution < 1.29 is 9.53 Å². The number of ether oxygens (including phenoxy) is 1. The number of nitrogens with zero attached hydrogens (tertiary/aromatic N) is 3. The summed E-state index contributed by atoms with van der Waals surface area (Å²) in [6, 6.07) is 10.8. The van der Waals surface area contributed by atoms with Gasteiger partial charge in [0, 0.05) is 11.9 Å². The van der Waals surface area contributed by atoms with E-state index < -0.39 is 0 Å². The summed E-state index contributed by atoms with van der Waals surface area (Å²) in [5.41, 5.74) is 7.69. The SMILES string of the molecule is COc1ccccc1NC(=O)CSc1nnc2ccc(N)cn12. The fraction of sp³-hybridized carbons (Fsp3) is 0.133. The van der Waals surface area contributed by atoms with Gasteiger partial charge in [-0.15, -0.1) is 10.2 Å². The topological polar surface area (TPSA) is 94.5 Å². The zero-order valence-electron chi connectivity index (χ0n) is 12.4. The van der Waals surface area contributed by atoms with Gasteiger partial charge in [-0.3, -0.25) is 9.20 Å². The lowest BCUT2D eigenvalue weighted by molar-refractivity contribution is -0.113. The van der Waals surface area contributed by atoms with E-state index in [2.05, 4.69) is 15.5 Å². The van der Waals surface area contributed by atoms with Crippen molar-refractivity contribution >= 4 is 34.7 Å². The molecule has 2 aromatic heterocycles. The lowest BCUT2D eigenvalue weighted by Gasteiger charge is -2.09. The molecule has 3 aromatic rings. The van der Waals surface area contributed by atoms with Crippen molar-refractivity contribution in [2.24, 2.45) is 0 Å². The average Bonchev–Trinajstić information content (AvgIpc) is 2.95. The van der Waals surface area contributed by atoms with Crippen molar-refractivity contribution in [3.05, 3.63) is 42.6 Å². The molecule has 0 unspecified atom stereocenters. The maximum Gasteiger partial charge on any atom is 0.234 e. The fourth-order valence-corrected chi connectivity index (χ4v) is 2.77. The van der Waals surface area contributed by atoms with Crippen molar-refractivity contribution in [1.29, 1.82) is 0 Å². The summed E-state index contributed by atoms with van der Waals surface area (Å²) in [6.45, 7) is 0. The monoisotopic (exact) mass is 329 g/mol. The Hall–Kier alpha value is -2.74. The molecule has 0 spiro atoms. The van der Waals surface area contributed by atoms with Gasteiger partial charge in [0.1, 0.15) is 5.75 Å². The zero-order chi connectivity index (χ0) is 16.2. The quantitative estimate of drug-likeness (QED) is 0.696. The molecule has 0 aliphatic heterocycles. The molecule has 0 aliphatic rings. The molecule has 0 bridgehead atoms. The Bertz CT molecular complexity index is 849. The van der Waals surface area contributed by atoms with E-state index in [0.717, 1.165) is 0 Å². The Morgan fingerprint density at radius 2 is 2.13 bits per heavy atom. The summed E-state index contributed by atoms with van der Waals surface area (Å²) in [6.07, 6.45) is 1.73. The molecule has 1 aromatic carbocycles. The number of aromatic nitrogens is 3. The minimum atomic E-state index is -0.153. The second-order valence-electron chi connectivity index (χ2n) is 4.71. The van der Waals surface area contributed by atoms with Gasteiger partial charge in [0.2, 0.25) is 5.91 Å². The highest BCUT2D eigenvalue weighted by Crippen LogP contribution is 2.24. The number of nitrogens with one attached hydrogen (secondary N) is 1. The van der Waals surface area contributed by atoms with E-state index in [0.29, 0.717) is 27.9 Å². The van der Waals surface area contributed by atoms with Crippen LogP contribution in [0.5, 0.6) is 5.75 Å². The van der Waals surface area contributed by atoms with E-state index in [1.807, 2.05) is 12.1 Å². The number of benzene rings is 1. The Morgan fingerprint density at radius 3 is 2.96 bits per heavy atom. The number of carbonyl (C=O) groups excluding carboxylic acids is 1. The van der Waals surface area contributed by atoms with Crippen LogP contribution >= 0.6 is 11.8 Å². The summed E-state index contributed by atoms with van der Waals surface area (Å²) < 4.78 is 6.97. The summed E-state index contributed by atoms with van der Waals surface area (Å²) >= 11 is 1.29. The predicted molar refractivity (Wildman–Crippen MR) is 89.7 cm³/mol. The fourth-order valence-electron chi connectivity index (χ4n) is 2.05. The Morgan fingerprint density at radius 1 is 1.30 bits per heavy atom. The van der Waals surface area contributed by atoms with Crippen molar-refractivity contribution in [3.8, 4) is 5.75 Å². The number of thioether (sulfide) groups is 1. The van der Waals surface area contributed by atoms with Gasteiger partial charge in [-0.25, -0.2) is 0 Å². The maximum atomic E-state index is 12.1. The molecule has 2 heterocycles. The number of rotatable bonds is 5. The van der Waals surface area contributed by atoms with Gasteiger partial charge >= 0.3 is 0 Å². The first kappa shape index (κ1) is 15.2. The molecular formula is C15H15N5O2S. The molecule has 118 valence electrons. The number of hydrogen-bond acceptors (Lipinski definition) is 6. The lowest BCUT2D eigenvalue weighted by Crippen LogP contribution is -2.14. The smallest absolute Gasteiger partial charge is 0.234 e. The van der Waals surface area contributed by atoms with Crippen LogP contribution in [0.3, 0.4) is 0 Å². The lowest BCUT2D eigenvalue weighted by atomic mass is 10.3.